The fourth-order valence-corrected chi connectivity index (χ4v) is 3.46. The second-order valence-corrected chi connectivity index (χ2v) is 6.27. The zero-order chi connectivity index (χ0) is 15.2. The minimum Gasteiger partial charge on any atom is -0.345 e. The number of rotatable bonds is 5. The summed E-state index contributed by atoms with van der Waals surface area (Å²) in [6.45, 7) is 9.58. The van der Waals surface area contributed by atoms with Gasteiger partial charge >= 0.3 is 0 Å². The Morgan fingerprint density at radius 3 is 2.57 bits per heavy atom. The van der Waals surface area contributed by atoms with Gasteiger partial charge in [0.1, 0.15) is 0 Å². The Morgan fingerprint density at radius 2 is 2.05 bits per heavy atom. The standard InChI is InChI=1S/C16H25N3OS/c1-4-6-14(7-5-2)15(20)18-8-10-19(11-9-18)16-17-13(3)12-21-16/h6,12H,4-5,7-11H2,1-3H3. The lowest BCUT2D eigenvalue weighted by molar-refractivity contribution is -0.127. The van der Waals surface area contributed by atoms with Gasteiger partial charge in [-0.15, -0.1) is 11.3 Å². The Labute approximate surface area is 131 Å². The third-order valence-corrected chi connectivity index (χ3v) is 4.71. The SMILES string of the molecule is CCC=C(CCC)C(=O)N1CCN(c2nc(C)cs2)CC1. The van der Waals surface area contributed by atoms with Crippen LogP contribution < -0.4 is 4.90 Å². The largest absolute Gasteiger partial charge is 0.345 e. The molecule has 1 amide bonds. The summed E-state index contributed by atoms with van der Waals surface area (Å²) in [6.07, 6.45) is 4.93. The Balaban J connectivity index is 1.93. The lowest BCUT2D eigenvalue weighted by atomic mass is 10.1. The van der Waals surface area contributed by atoms with Crippen LogP contribution in [-0.2, 0) is 4.79 Å². The van der Waals surface area contributed by atoms with Gasteiger partial charge in [-0.3, -0.25) is 4.79 Å². The molecule has 1 saturated heterocycles. The van der Waals surface area contributed by atoms with E-state index in [1.54, 1.807) is 11.3 Å². The molecule has 21 heavy (non-hydrogen) atoms. The molecule has 0 spiro atoms. The van der Waals surface area contributed by atoms with Crippen LogP contribution in [-0.4, -0.2) is 42.0 Å². The Hall–Kier alpha value is -1.36. The topological polar surface area (TPSA) is 36.4 Å². The van der Waals surface area contributed by atoms with Crippen LogP contribution in [0, 0.1) is 6.92 Å². The van der Waals surface area contributed by atoms with Crippen LogP contribution in [0.15, 0.2) is 17.0 Å². The predicted molar refractivity (Wildman–Crippen MR) is 88.9 cm³/mol. The number of hydrogen-bond donors (Lipinski definition) is 0. The van der Waals surface area contributed by atoms with Crippen molar-refractivity contribution in [1.29, 1.82) is 0 Å². The van der Waals surface area contributed by atoms with Gasteiger partial charge in [-0.05, 0) is 19.8 Å². The van der Waals surface area contributed by atoms with Crippen molar-refractivity contribution in [3.8, 4) is 0 Å². The number of aryl methyl sites for hydroxylation is 1. The van der Waals surface area contributed by atoms with Crippen molar-refractivity contribution >= 4 is 22.4 Å². The highest BCUT2D eigenvalue weighted by molar-refractivity contribution is 7.13. The van der Waals surface area contributed by atoms with Crippen LogP contribution in [0.4, 0.5) is 5.13 Å². The molecule has 0 radical (unpaired) electrons. The maximum absolute atomic E-state index is 12.6. The van der Waals surface area contributed by atoms with E-state index >= 15 is 0 Å². The molecule has 4 nitrogen and oxygen atoms in total. The summed E-state index contributed by atoms with van der Waals surface area (Å²) in [6, 6.07) is 0. The highest BCUT2D eigenvalue weighted by Crippen LogP contribution is 2.22. The molecule has 0 unspecified atom stereocenters. The summed E-state index contributed by atoms with van der Waals surface area (Å²) < 4.78 is 0. The molecule has 0 aliphatic carbocycles. The monoisotopic (exact) mass is 307 g/mol. The average Bonchev–Trinajstić information content (AvgIpc) is 2.93. The van der Waals surface area contributed by atoms with Gasteiger partial charge in [0, 0.05) is 37.1 Å². The van der Waals surface area contributed by atoms with Crippen molar-refractivity contribution in [1.82, 2.24) is 9.88 Å². The van der Waals surface area contributed by atoms with Gasteiger partial charge in [0.2, 0.25) is 5.91 Å². The lowest BCUT2D eigenvalue weighted by Gasteiger charge is -2.35. The number of carbonyl (C=O) groups excluding carboxylic acids is 1. The number of allylic oxidation sites excluding steroid dienone is 1. The van der Waals surface area contributed by atoms with Gasteiger partial charge in [-0.2, -0.15) is 0 Å². The number of amides is 1. The van der Waals surface area contributed by atoms with E-state index in [2.05, 4.69) is 35.2 Å². The molecule has 0 N–H and O–H groups in total. The van der Waals surface area contributed by atoms with Crippen molar-refractivity contribution < 1.29 is 4.79 Å². The number of hydrogen-bond acceptors (Lipinski definition) is 4. The zero-order valence-corrected chi connectivity index (χ0v) is 14.1. The van der Waals surface area contributed by atoms with E-state index in [4.69, 9.17) is 0 Å². The number of aromatic nitrogens is 1. The smallest absolute Gasteiger partial charge is 0.249 e. The molecule has 2 rings (SSSR count). The fraction of sp³-hybridized carbons (Fsp3) is 0.625. The van der Waals surface area contributed by atoms with E-state index in [0.717, 1.165) is 61.8 Å². The number of carbonyl (C=O) groups is 1. The number of anilines is 1. The van der Waals surface area contributed by atoms with Gasteiger partial charge in [0.15, 0.2) is 5.13 Å². The molecule has 2 heterocycles. The van der Waals surface area contributed by atoms with Crippen LogP contribution in [0.5, 0.6) is 0 Å². The van der Waals surface area contributed by atoms with Gasteiger partial charge in [0.25, 0.3) is 0 Å². The molecule has 1 aromatic rings. The number of piperazine rings is 1. The summed E-state index contributed by atoms with van der Waals surface area (Å²) >= 11 is 1.69. The molecule has 1 fully saturated rings. The summed E-state index contributed by atoms with van der Waals surface area (Å²) in [4.78, 5) is 21.4. The summed E-state index contributed by atoms with van der Waals surface area (Å²) in [5.74, 6) is 0.230. The molecule has 1 aromatic heterocycles. The van der Waals surface area contributed by atoms with E-state index in [0.29, 0.717) is 0 Å². The molecular weight excluding hydrogens is 282 g/mol. The van der Waals surface area contributed by atoms with Gasteiger partial charge in [-0.1, -0.05) is 26.3 Å². The maximum Gasteiger partial charge on any atom is 0.249 e. The van der Waals surface area contributed by atoms with Gasteiger partial charge in [-0.25, -0.2) is 4.98 Å². The van der Waals surface area contributed by atoms with E-state index in [-0.39, 0.29) is 5.91 Å². The first kappa shape index (κ1) is 16.0. The second kappa shape index (κ2) is 7.59. The average molecular weight is 307 g/mol. The molecule has 1 aliphatic heterocycles. The van der Waals surface area contributed by atoms with Crippen LogP contribution in [0.2, 0.25) is 0 Å². The van der Waals surface area contributed by atoms with Crippen molar-refractivity contribution in [2.75, 3.05) is 31.1 Å². The molecule has 0 saturated carbocycles. The Bertz CT molecular complexity index is 501. The molecule has 1 aliphatic rings. The van der Waals surface area contributed by atoms with Gasteiger partial charge < -0.3 is 9.80 Å². The Morgan fingerprint density at radius 1 is 1.33 bits per heavy atom. The van der Waals surface area contributed by atoms with E-state index in [1.807, 2.05) is 11.8 Å². The Kier molecular flexibility index (Phi) is 5.79. The second-order valence-electron chi connectivity index (χ2n) is 5.44. The molecule has 0 atom stereocenters. The van der Waals surface area contributed by atoms with Crippen LogP contribution in [0.3, 0.4) is 0 Å². The maximum atomic E-state index is 12.6. The van der Waals surface area contributed by atoms with Crippen molar-refractivity contribution in [2.45, 2.75) is 40.0 Å². The molecule has 5 heteroatoms. The van der Waals surface area contributed by atoms with Crippen molar-refractivity contribution in [3.05, 3.63) is 22.7 Å². The van der Waals surface area contributed by atoms with Crippen molar-refractivity contribution in [3.63, 3.8) is 0 Å². The molecule has 0 aromatic carbocycles. The third-order valence-electron chi connectivity index (χ3n) is 3.69. The summed E-state index contributed by atoms with van der Waals surface area (Å²) in [7, 11) is 0. The van der Waals surface area contributed by atoms with E-state index in [9.17, 15) is 4.79 Å². The minimum absolute atomic E-state index is 0.230. The zero-order valence-electron chi connectivity index (χ0n) is 13.3. The molecule has 0 bridgehead atoms. The quantitative estimate of drug-likeness (QED) is 0.784. The van der Waals surface area contributed by atoms with Crippen LogP contribution >= 0.6 is 11.3 Å². The number of thiazole rings is 1. The van der Waals surface area contributed by atoms with E-state index < -0.39 is 0 Å². The van der Waals surface area contributed by atoms with Crippen LogP contribution in [0.25, 0.3) is 0 Å². The predicted octanol–water partition coefficient (Wildman–Crippen LogP) is 3.24. The highest BCUT2D eigenvalue weighted by Gasteiger charge is 2.24. The first-order chi connectivity index (χ1) is 10.2. The molecule has 116 valence electrons. The van der Waals surface area contributed by atoms with Crippen molar-refractivity contribution in [2.24, 2.45) is 0 Å². The van der Waals surface area contributed by atoms with Gasteiger partial charge in [0.05, 0.1) is 5.69 Å². The molecular formula is C16H25N3OS. The number of nitrogens with zero attached hydrogens (tertiary/aromatic N) is 3. The normalized spacial score (nSPS) is 16.4. The summed E-state index contributed by atoms with van der Waals surface area (Å²) in [5, 5.41) is 3.16. The summed E-state index contributed by atoms with van der Waals surface area (Å²) in [5.41, 5.74) is 2.06. The third kappa shape index (κ3) is 4.06. The first-order valence-electron chi connectivity index (χ1n) is 7.81. The minimum atomic E-state index is 0.230. The fourth-order valence-electron chi connectivity index (χ4n) is 2.60. The highest BCUT2D eigenvalue weighted by atomic mass is 32.1. The van der Waals surface area contributed by atoms with Crippen LogP contribution in [0.1, 0.15) is 38.8 Å². The first-order valence-corrected chi connectivity index (χ1v) is 8.69. The lowest BCUT2D eigenvalue weighted by Crippen LogP contribution is -2.49. The van der Waals surface area contributed by atoms with E-state index in [1.165, 1.54) is 0 Å².